The monoisotopic (exact) mass is 576 g/mol. The van der Waals surface area contributed by atoms with Gasteiger partial charge in [-0.15, -0.1) is 9.24 Å². The summed E-state index contributed by atoms with van der Waals surface area (Å²) in [6, 6.07) is 10.1. The highest BCUT2D eigenvalue weighted by molar-refractivity contribution is 7.60. The maximum atomic E-state index is 3.78. The van der Waals surface area contributed by atoms with Crippen molar-refractivity contribution in [1.82, 2.24) is 10.6 Å². The quantitative estimate of drug-likeness (QED) is 0.323. The zero-order valence-electron chi connectivity index (χ0n) is 24.9. The van der Waals surface area contributed by atoms with Crippen molar-refractivity contribution in [3.8, 4) is 0 Å². The van der Waals surface area contributed by atoms with E-state index < -0.39 is 0 Å². The summed E-state index contributed by atoms with van der Waals surface area (Å²) < 4.78 is 0. The van der Waals surface area contributed by atoms with Crippen molar-refractivity contribution in [3.05, 3.63) is 35.4 Å². The highest BCUT2D eigenvalue weighted by Gasteiger charge is 2.62. The van der Waals surface area contributed by atoms with E-state index in [-0.39, 0.29) is 13.1 Å². The minimum absolute atomic E-state index is 0.0134. The summed E-state index contributed by atoms with van der Waals surface area (Å²) >= 11 is 0. The second kappa shape index (κ2) is 9.75. The van der Waals surface area contributed by atoms with Gasteiger partial charge in [0.1, 0.15) is 0 Å². The Morgan fingerprint density at radius 1 is 0.675 bits per heavy atom. The largest absolute Gasteiger partial charge is 0.316 e. The van der Waals surface area contributed by atoms with Crippen LogP contribution in [0.15, 0.2) is 24.3 Å². The van der Waals surface area contributed by atoms with Gasteiger partial charge < -0.3 is 10.6 Å². The molecule has 2 N–H and O–H groups in total. The van der Waals surface area contributed by atoms with E-state index in [0.717, 1.165) is 57.7 Å². The highest BCUT2D eigenvalue weighted by Crippen LogP contribution is 2.80. The third-order valence-corrected chi connectivity index (χ3v) is 19.7. The first-order valence-electron chi connectivity index (χ1n) is 17.6. The van der Waals surface area contributed by atoms with Gasteiger partial charge in [0.05, 0.1) is 0 Å². The lowest BCUT2D eigenvalue weighted by Crippen LogP contribution is -2.56. The van der Waals surface area contributed by atoms with E-state index in [0.29, 0.717) is 0 Å². The SMILES string of the molecule is PC(c1ccccc1CP(C12CC3CC(CC(C3)C1)C2)C12CC3CC(CC(C3)C1)C2)(C1CCNC1)C1CCNC1. The van der Waals surface area contributed by atoms with Crippen LogP contribution in [0.3, 0.4) is 0 Å². The summed E-state index contributed by atoms with van der Waals surface area (Å²) in [5.74, 6) is 7.96. The molecule has 2 aliphatic heterocycles. The van der Waals surface area contributed by atoms with Gasteiger partial charge in [-0.2, -0.15) is 0 Å². The average molecular weight is 577 g/mol. The fourth-order valence-electron chi connectivity index (χ4n) is 13.8. The van der Waals surface area contributed by atoms with Gasteiger partial charge in [0, 0.05) is 5.16 Å². The van der Waals surface area contributed by atoms with E-state index in [4.69, 9.17) is 0 Å². The van der Waals surface area contributed by atoms with Gasteiger partial charge in [-0.3, -0.25) is 0 Å². The topological polar surface area (TPSA) is 24.1 Å². The summed E-state index contributed by atoms with van der Waals surface area (Å²) in [7, 11) is 3.56. The van der Waals surface area contributed by atoms with Gasteiger partial charge in [-0.05, 0) is 191 Å². The molecule has 10 aliphatic rings. The molecular formula is C36H54N2P2. The standard InChI is InChI=1S/C36H54N2P2/c39-36(31-5-7-37-21-31,32-6-8-38-22-32)33-4-2-1-3-30(33)23-40(34-15-24-9-25(16-34)11-26(10-24)17-34)35-18-27-12-28(19-35)14-29(13-27)20-35/h1-4,24-29,31-32,37-38H,5-23,39H2. The number of hydrogen-bond donors (Lipinski definition) is 2. The molecule has 8 aliphatic carbocycles. The molecule has 0 radical (unpaired) electrons. The molecule has 2 saturated heterocycles. The Labute approximate surface area is 247 Å². The molecule has 8 saturated carbocycles. The van der Waals surface area contributed by atoms with Crippen LogP contribution in [0.1, 0.15) is 101 Å². The Bertz CT molecular complexity index is 987. The molecule has 0 spiro atoms. The molecule has 2 nitrogen and oxygen atoms in total. The third kappa shape index (κ3) is 4.07. The van der Waals surface area contributed by atoms with Crippen LogP contribution in [0.2, 0.25) is 0 Å². The molecule has 11 rings (SSSR count). The third-order valence-electron chi connectivity index (χ3n) is 14.4. The minimum Gasteiger partial charge on any atom is -0.316 e. The second-order valence-electron chi connectivity index (χ2n) is 16.8. The molecule has 3 unspecified atom stereocenters. The van der Waals surface area contributed by atoms with Crippen LogP contribution in [0.4, 0.5) is 0 Å². The molecular weight excluding hydrogens is 522 g/mol. The molecule has 0 aromatic heterocycles. The molecule has 218 valence electrons. The Morgan fingerprint density at radius 3 is 1.50 bits per heavy atom. The first kappa shape index (κ1) is 26.4. The van der Waals surface area contributed by atoms with Crippen LogP contribution in [-0.4, -0.2) is 36.5 Å². The van der Waals surface area contributed by atoms with Gasteiger partial charge in [0.2, 0.25) is 0 Å². The van der Waals surface area contributed by atoms with Crippen molar-refractivity contribution < 1.29 is 0 Å². The molecule has 4 heteroatoms. The number of rotatable bonds is 7. The van der Waals surface area contributed by atoms with Crippen molar-refractivity contribution in [1.29, 1.82) is 0 Å². The van der Waals surface area contributed by atoms with Gasteiger partial charge in [0.15, 0.2) is 0 Å². The van der Waals surface area contributed by atoms with Crippen LogP contribution >= 0.6 is 17.2 Å². The van der Waals surface area contributed by atoms with Crippen LogP contribution < -0.4 is 10.6 Å². The predicted octanol–water partition coefficient (Wildman–Crippen LogP) is 7.90. The van der Waals surface area contributed by atoms with Crippen molar-refractivity contribution in [2.24, 2.45) is 47.3 Å². The lowest BCUT2D eigenvalue weighted by atomic mass is 9.55. The lowest BCUT2D eigenvalue weighted by Gasteiger charge is -2.67. The summed E-state index contributed by atoms with van der Waals surface area (Å²) in [6.45, 7) is 4.81. The summed E-state index contributed by atoms with van der Waals surface area (Å²) in [5, 5.41) is 9.21. The summed E-state index contributed by atoms with van der Waals surface area (Å²) in [4.78, 5) is 0. The fourth-order valence-corrected chi connectivity index (χ4v) is 19.8. The Hall–Kier alpha value is -0.0000000000000000416. The molecule has 10 fully saturated rings. The predicted molar refractivity (Wildman–Crippen MR) is 172 cm³/mol. The van der Waals surface area contributed by atoms with Crippen molar-refractivity contribution >= 4 is 17.2 Å². The van der Waals surface area contributed by atoms with Crippen LogP contribution in [0.25, 0.3) is 0 Å². The fraction of sp³-hybridized carbons (Fsp3) is 0.833. The van der Waals surface area contributed by atoms with Gasteiger partial charge in [-0.25, -0.2) is 0 Å². The molecule has 1 aromatic rings. The summed E-state index contributed by atoms with van der Waals surface area (Å²) in [5.41, 5.74) is 3.55. The Morgan fingerprint density at radius 2 is 1.10 bits per heavy atom. The average Bonchev–Trinajstić information content (AvgIpc) is 3.66. The van der Waals surface area contributed by atoms with Gasteiger partial charge in [0.25, 0.3) is 0 Å². The van der Waals surface area contributed by atoms with Crippen molar-refractivity contribution in [2.75, 3.05) is 26.2 Å². The first-order valence-corrected chi connectivity index (χ1v) is 19.7. The van der Waals surface area contributed by atoms with Crippen LogP contribution in [0, 0.1) is 47.3 Å². The molecule has 3 atom stereocenters. The number of hydrogen-bond acceptors (Lipinski definition) is 2. The van der Waals surface area contributed by atoms with E-state index >= 15 is 0 Å². The van der Waals surface area contributed by atoms with Gasteiger partial charge in [-0.1, -0.05) is 32.2 Å². The van der Waals surface area contributed by atoms with Crippen molar-refractivity contribution in [2.45, 2.75) is 112 Å². The van der Waals surface area contributed by atoms with E-state index in [1.165, 1.54) is 45.2 Å². The Kier molecular flexibility index (Phi) is 6.44. The molecule has 0 amide bonds. The van der Waals surface area contributed by atoms with E-state index in [1.54, 1.807) is 88.2 Å². The first-order chi connectivity index (χ1) is 19.5. The van der Waals surface area contributed by atoms with Crippen LogP contribution in [0.5, 0.6) is 0 Å². The molecule has 8 bridgehead atoms. The number of nitrogens with one attached hydrogen (secondary N) is 2. The zero-order valence-corrected chi connectivity index (χ0v) is 26.9. The van der Waals surface area contributed by atoms with Crippen LogP contribution in [-0.2, 0) is 11.3 Å². The van der Waals surface area contributed by atoms with Crippen molar-refractivity contribution in [3.63, 3.8) is 0 Å². The van der Waals surface area contributed by atoms with E-state index in [9.17, 15) is 0 Å². The maximum absolute atomic E-state index is 3.78. The molecule has 40 heavy (non-hydrogen) atoms. The summed E-state index contributed by atoms with van der Waals surface area (Å²) in [6.07, 6.45) is 23.5. The number of benzene rings is 1. The zero-order chi connectivity index (χ0) is 26.5. The van der Waals surface area contributed by atoms with E-state index in [2.05, 4.69) is 44.1 Å². The second-order valence-corrected chi connectivity index (χ2v) is 20.9. The lowest BCUT2D eigenvalue weighted by molar-refractivity contribution is 0.0184. The highest BCUT2D eigenvalue weighted by atomic mass is 31.1. The maximum Gasteiger partial charge on any atom is 0.0181 e. The Balaban J connectivity index is 1.15. The molecule has 1 aromatic carbocycles. The minimum atomic E-state index is -0.0134. The van der Waals surface area contributed by atoms with E-state index in [1.807, 2.05) is 0 Å². The normalized spacial score (nSPS) is 49.0. The smallest absolute Gasteiger partial charge is 0.0181 e. The van der Waals surface area contributed by atoms with Gasteiger partial charge >= 0.3 is 0 Å². The molecule has 2 heterocycles.